The Labute approximate surface area is 98.0 Å². The van der Waals surface area contributed by atoms with Crippen molar-refractivity contribution >= 4 is 34.2 Å². The number of nitriles is 1. The van der Waals surface area contributed by atoms with Gasteiger partial charge in [0.15, 0.2) is 0 Å². The zero-order valence-electron chi connectivity index (χ0n) is 6.77. The lowest BCUT2D eigenvalue weighted by molar-refractivity contribution is 0.146. The van der Waals surface area contributed by atoms with Crippen molar-refractivity contribution in [3.63, 3.8) is 0 Å². The number of hydrogen-bond donors (Lipinski definition) is 0. The summed E-state index contributed by atoms with van der Waals surface area (Å²) in [5, 5.41) is 8.35. The normalized spacial score (nSPS) is 10.3. The average molecular weight is 328 g/mol. The van der Waals surface area contributed by atoms with E-state index in [9.17, 15) is 8.78 Å². The summed E-state index contributed by atoms with van der Waals surface area (Å²) >= 11 is 7.38. The highest BCUT2D eigenvalue weighted by Crippen LogP contribution is 2.27. The summed E-state index contributed by atoms with van der Waals surface area (Å²) in [4.78, 5) is 3.64. The zero-order chi connectivity index (χ0) is 10.7. The number of alkyl halides is 2. The minimum atomic E-state index is -2.69. The van der Waals surface area contributed by atoms with Gasteiger partial charge in [-0.1, -0.05) is 11.6 Å². The molecule has 0 aromatic carbocycles. The van der Waals surface area contributed by atoms with Crippen LogP contribution in [0, 0.1) is 15.0 Å². The van der Waals surface area contributed by atoms with Crippen molar-refractivity contribution < 1.29 is 8.78 Å². The van der Waals surface area contributed by atoms with E-state index in [1.165, 1.54) is 6.07 Å². The molecule has 14 heavy (non-hydrogen) atoms. The van der Waals surface area contributed by atoms with Gasteiger partial charge in [0, 0.05) is 0 Å². The van der Waals surface area contributed by atoms with Gasteiger partial charge in [0.05, 0.1) is 17.5 Å². The Morgan fingerprint density at radius 2 is 2.29 bits per heavy atom. The summed E-state index contributed by atoms with van der Waals surface area (Å²) in [7, 11) is 0. The summed E-state index contributed by atoms with van der Waals surface area (Å²) < 4.78 is 25.0. The lowest BCUT2D eigenvalue weighted by Gasteiger charge is -2.05. The highest BCUT2D eigenvalue weighted by atomic mass is 127. The molecule has 0 atom stereocenters. The number of nitrogens with zero attached hydrogens (tertiary/aromatic N) is 2. The van der Waals surface area contributed by atoms with Crippen LogP contribution in [0.5, 0.6) is 0 Å². The third kappa shape index (κ3) is 2.51. The van der Waals surface area contributed by atoms with E-state index in [2.05, 4.69) is 4.98 Å². The summed E-state index contributed by atoms with van der Waals surface area (Å²) in [6, 6.07) is 3.27. The first-order valence-electron chi connectivity index (χ1n) is 3.56. The quantitative estimate of drug-likeness (QED) is 0.617. The van der Waals surface area contributed by atoms with Gasteiger partial charge in [-0.15, -0.1) is 0 Å². The fraction of sp³-hybridized carbons (Fsp3) is 0.250. The summed E-state index contributed by atoms with van der Waals surface area (Å²) in [5.41, 5.74) is 0.139. The maximum Gasteiger partial charge on any atom is 0.281 e. The van der Waals surface area contributed by atoms with Crippen molar-refractivity contribution in [3.8, 4) is 6.07 Å². The summed E-state index contributed by atoms with van der Waals surface area (Å²) in [5.74, 6) is 0. The van der Waals surface area contributed by atoms with Crippen molar-refractivity contribution in [1.82, 2.24) is 4.98 Å². The minimum Gasteiger partial charge on any atom is -0.239 e. The lowest BCUT2D eigenvalue weighted by atomic mass is 10.2. The van der Waals surface area contributed by atoms with Gasteiger partial charge in [0.1, 0.15) is 9.39 Å². The van der Waals surface area contributed by atoms with Crippen LogP contribution in [-0.2, 0) is 6.42 Å². The second-order valence-corrected chi connectivity index (χ2v) is 3.87. The molecule has 0 aliphatic heterocycles. The van der Waals surface area contributed by atoms with Gasteiger partial charge < -0.3 is 0 Å². The van der Waals surface area contributed by atoms with E-state index in [1.54, 1.807) is 22.6 Å². The Hall–Kier alpha value is -0.480. The fourth-order valence-electron chi connectivity index (χ4n) is 0.880. The van der Waals surface area contributed by atoms with E-state index < -0.39 is 12.1 Å². The SMILES string of the molecule is N#CCc1cc(Cl)c(C(F)F)nc1I. The molecule has 74 valence electrons. The Kier molecular flexibility index (Phi) is 4.01. The standard InChI is InChI=1S/C8H4ClF2IN2/c9-5-3-4(1-2-13)8(12)14-6(5)7(10)11/h3,7H,1H2. The van der Waals surface area contributed by atoms with E-state index in [0.717, 1.165) is 0 Å². The van der Waals surface area contributed by atoms with Crippen molar-refractivity contribution in [3.05, 3.63) is 26.0 Å². The maximum atomic E-state index is 12.3. The number of hydrogen-bond acceptors (Lipinski definition) is 2. The third-order valence-corrected chi connectivity index (χ3v) is 2.74. The molecule has 0 saturated carbocycles. The number of halogens is 4. The highest BCUT2D eigenvalue weighted by molar-refractivity contribution is 14.1. The molecule has 0 spiro atoms. The molecule has 0 saturated heterocycles. The molecule has 1 aromatic heterocycles. The molecule has 6 heteroatoms. The second kappa shape index (κ2) is 4.84. The van der Waals surface area contributed by atoms with Gasteiger partial charge in [-0.05, 0) is 34.2 Å². The van der Waals surface area contributed by atoms with Gasteiger partial charge in [-0.2, -0.15) is 5.26 Å². The smallest absolute Gasteiger partial charge is 0.239 e. The third-order valence-electron chi connectivity index (χ3n) is 1.51. The van der Waals surface area contributed by atoms with Gasteiger partial charge in [0.2, 0.25) is 0 Å². The largest absolute Gasteiger partial charge is 0.281 e. The van der Waals surface area contributed by atoms with E-state index >= 15 is 0 Å². The lowest BCUT2D eigenvalue weighted by Crippen LogP contribution is -1.99. The van der Waals surface area contributed by atoms with Crippen molar-refractivity contribution in [1.29, 1.82) is 5.26 Å². The zero-order valence-corrected chi connectivity index (χ0v) is 9.68. The van der Waals surface area contributed by atoms with Crippen molar-refractivity contribution in [2.75, 3.05) is 0 Å². The molecule has 0 fully saturated rings. The second-order valence-electron chi connectivity index (χ2n) is 2.44. The van der Waals surface area contributed by atoms with Gasteiger partial charge in [-0.3, -0.25) is 0 Å². The molecule has 0 aliphatic carbocycles. The van der Waals surface area contributed by atoms with E-state index in [4.69, 9.17) is 16.9 Å². The van der Waals surface area contributed by atoms with E-state index in [0.29, 0.717) is 9.26 Å². The molecule has 0 amide bonds. The van der Waals surface area contributed by atoms with Crippen LogP contribution in [0.4, 0.5) is 8.78 Å². The molecule has 0 unspecified atom stereocenters. The molecule has 0 bridgehead atoms. The first kappa shape index (κ1) is 11.6. The van der Waals surface area contributed by atoms with Crippen LogP contribution in [0.25, 0.3) is 0 Å². The highest BCUT2D eigenvalue weighted by Gasteiger charge is 2.16. The van der Waals surface area contributed by atoms with Gasteiger partial charge >= 0.3 is 0 Å². The van der Waals surface area contributed by atoms with E-state index in [1.807, 2.05) is 6.07 Å². The monoisotopic (exact) mass is 328 g/mol. The molecule has 2 nitrogen and oxygen atoms in total. The molecule has 1 heterocycles. The topological polar surface area (TPSA) is 36.7 Å². The Morgan fingerprint density at radius 1 is 1.64 bits per heavy atom. The molecule has 1 rings (SSSR count). The molecular formula is C8H4ClF2IN2. The van der Waals surface area contributed by atoms with Crippen LogP contribution in [0.15, 0.2) is 6.07 Å². The number of rotatable bonds is 2. The Balaban J connectivity index is 3.18. The molecule has 1 aromatic rings. The van der Waals surface area contributed by atoms with Gasteiger partial charge in [-0.25, -0.2) is 13.8 Å². The van der Waals surface area contributed by atoms with Crippen molar-refractivity contribution in [2.24, 2.45) is 0 Å². The number of pyridine rings is 1. The predicted octanol–water partition coefficient (Wildman–Crippen LogP) is 3.34. The molecular weight excluding hydrogens is 324 g/mol. The molecule has 0 radical (unpaired) electrons. The minimum absolute atomic E-state index is 0.0920. The van der Waals surface area contributed by atoms with Crippen LogP contribution in [0.2, 0.25) is 5.02 Å². The van der Waals surface area contributed by atoms with Crippen LogP contribution >= 0.6 is 34.2 Å². The maximum absolute atomic E-state index is 12.3. The summed E-state index contributed by atoms with van der Waals surface area (Å²) in [6.07, 6.45) is -2.57. The predicted molar refractivity (Wildman–Crippen MR) is 56.2 cm³/mol. The van der Waals surface area contributed by atoms with Gasteiger partial charge in [0.25, 0.3) is 6.43 Å². The van der Waals surface area contributed by atoms with Crippen molar-refractivity contribution in [2.45, 2.75) is 12.8 Å². The Morgan fingerprint density at radius 3 is 2.79 bits per heavy atom. The number of aromatic nitrogens is 1. The molecule has 0 aliphatic rings. The molecule has 0 N–H and O–H groups in total. The summed E-state index contributed by atoms with van der Waals surface area (Å²) in [6.45, 7) is 0. The Bertz CT molecular complexity index is 390. The van der Waals surface area contributed by atoms with Crippen LogP contribution in [0.1, 0.15) is 17.7 Å². The van der Waals surface area contributed by atoms with Crippen LogP contribution in [-0.4, -0.2) is 4.98 Å². The fourth-order valence-corrected chi connectivity index (χ4v) is 1.74. The first-order valence-corrected chi connectivity index (χ1v) is 5.02. The average Bonchev–Trinajstić information content (AvgIpc) is 2.10. The van der Waals surface area contributed by atoms with Crippen LogP contribution < -0.4 is 0 Å². The first-order chi connectivity index (χ1) is 6.56. The van der Waals surface area contributed by atoms with Crippen LogP contribution in [0.3, 0.4) is 0 Å². The van der Waals surface area contributed by atoms with E-state index in [-0.39, 0.29) is 11.4 Å².